The predicted molar refractivity (Wildman–Crippen MR) is 92.6 cm³/mol. The van der Waals surface area contributed by atoms with E-state index in [0.29, 0.717) is 11.6 Å². The van der Waals surface area contributed by atoms with Crippen LogP contribution in [0.5, 0.6) is 5.75 Å². The number of aliphatic hydroxyl groups is 3. The van der Waals surface area contributed by atoms with Crippen molar-refractivity contribution in [2.45, 2.75) is 31.5 Å². The first-order valence-electron chi connectivity index (χ1n) is 8.31. The van der Waals surface area contributed by atoms with E-state index < -0.39 is 24.6 Å². The molecule has 7 nitrogen and oxygen atoms in total. The van der Waals surface area contributed by atoms with Crippen molar-refractivity contribution >= 4 is 11.1 Å². The number of ether oxygens (including phenoxy) is 2. The third-order valence-electron chi connectivity index (χ3n) is 4.35. The van der Waals surface area contributed by atoms with Gasteiger partial charge in [-0.15, -0.1) is 0 Å². The second kappa shape index (κ2) is 6.69. The van der Waals surface area contributed by atoms with Crippen molar-refractivity contribution < 1.29 is 29.2 Å². The first kappa shape index (κ1) is 17.0. The van der Waals surface area contributed by atoms with Crippen LogP contribution < -0.4 is 4.74 Å². The zero-order chi connectivity index (χ0) is 18.3. The summed E-state index contributed by atoms with van der Waals surface area (Å²) in [6, 6.07) is 12.8. The lowest BCUT2D eigenvalue weighted by atomic mass is 10.1. The molecule has 3 aromatic rings. The molecular weight excluding hydrogens is 338 g/mol. The molecule has 0 saturated carbocycles. The number of aryl methyl sites for hydroxylation is 1. The monoisotopic (exact) mass is 357 g/mol. The van der Waals surface area contributed by atoms with Crippen LogP contribution in [0.3, 0.4) is 0 Å². The predicted octanol–water partition coefficient (Wildman–Crippen LogP) is 1.62. The minimum atomic E-state index is -1.33. The van der Waals surface area contributed by atoms with Gasteiger partial charge in [-0.1, -0.05) is 6.07 Å². The van der Waals surface area contributed by atoms with Crippen molar-refractivity contribution in [3.05, 3.63) is 48.0 Å². The van der Waals surface area contributed by atoms with Gasteiger partial charge >= 0.3 is 0 Å². The van der Waals surface area contributed by atoms with E-state index in [1.54, 1.807) is 24.3 Å². The molecule has 1 fully saturated rings. The molecule has 0 aliphatic carbocycles. The Kier molecular flexibility index (Phi) is 4.37. The van der Waals surface area contributed by atoms with Gasteiger partial charge < -0.3 is 29.2 Å². The minimum Gasteiger partial charge on any atom is -0.462 e. The number of fused-ring (bicyclic) bond motifs is 1. The van der Waals surface area contributed by atoms with Gasteiger partial charge in [-0.25, -0.2) is 4.98 Å². The fraction of sp³-hybridized carbons (Fsp3) is 0.316. The summed E-state index contributed by atoms with van der Waals surface area (Å²) in [4.78, 5) is 4.49. The summed E-state index contributed by atoms with van der Waals surface area (Å²) < 4.78 is 16.6. The van der Waals surface area contributed by atoms with E-state index in [-0.39, 0.29) is 6.61 Å². The van der Waals surface area contributed by atoms with Crippen LogP contribution in [0.15, 0.2) is 46.9 Å². The molecular formula is C19H19NO6. The molecule has 2 heterocycles. The van der Waals surface area contributed by atoms with Crippen molar-refractivity contribution in [1.29, 1.82) is 0 Å². The Morgan fingerprint density at radius 3 is 2.58 bits per heavy atom. The van der Waals surface area contributed by atoms with E-state index in [4.69, 9.17) is 13.9 Å². The third kappa shape index (κ3) is 3.17. The summed E-state index contributed by atoms with van der Waals surface area (Å²) in [5.74, 6) is 0.956. The standard InChI is InChI=1S/C19H19NO6/c1-10-2-7-15-13(8-10)20-18(26-15)11-3-5-12(6-4-11)25-19-17(23)16(22)14(21)9-24-19/h2-8,14,16-17,19,21-23H,9H2,1H3/t14-,16-,17+,19+/m0/s1. The van der Waals surface area contributed by atoms with Gasteiger partial charge in [0, 0.05) is 5.56 Å². The number of hydrogen-bond donors (Lipinski definition) is 3. The average Bonchev–Trinajstić information content (AvgIpc) is 3.06. The van der Waals surface area contributed by atoms with Gasteiger partial charge in [0.25, 0.3) is 0 Å². The topological polar surface area (TPSA) is 105 Å². The number of aromatic nitrogens is 1. The van der Waals surface area contributed by atoms with Crippen LogP contribution in [0.2, 0.25) is 0 Å². The van der Waals surface area contributed by atoms with Gasteiger partial charge in [-0.2, -0.15) is 0 Å². The van der Waals surface area contributed by atoms with Crippen molar-refractivity contribution in [3.8, 4) is 17.2 Å². The molecule has 1 saturated heterocycles. The number of oxazole rings is 1. The molecule has 0 radical (unpaired) electrons. The Balaban J connectivity index is 1.51. The highest BCUT2D eigenvalue weighted by atomic mass is 16.7. The van der Waals surface area contributed by atoms with Crippen molar-refractivity contribution in [2.24, 2.45) is 0 Å². The molecule has 0 bridgehead atoms. The molecule has 4 rings (SSSR count). The van der Waals surface area contributed by atoms with E-state index in [9.17, 15) is 15.3 Å². The highest BCUT2D eigenvalue weighted by molar-refractivity contribution is 5.76. The number of benzene rings is 2. The summed E-state index contributed by atoms with van der Waals surface area (Å²) in [5, 5.41) is 29.1. The fourth-order valence-corrected chi connectivity index (χ4v) is 2.85. The van der Waals surface area contributed by atoms with Gasteiger partial charge in [-0.05, 0) is 48.9 Å². The molecule has 0 unspecified atom stereocenters. The van der Waals surface area contributed by atoms with Crippen LogP contribution in [0.25, 0.3) is 22.6 Å². The normalized spacial score (nSPS) is 26.2. The Morgan fingerprint density at radius 2 is 1.81 bits per heavy atom. The van der Waals surface area contributed by atoms with Crippen LogP contribution in [-0.2, 0) is 4.74 Å². The van der Waals surface area contributed by atoms with Crippen LogP contribution in [0.1, 0.15) is 5.56 Å². The molecule has 3 N–H and O–H groups in total. The molecule has 7 heteroatoms. The van der Waals surface area contributed by atoms with Crippen LogP contribution in [0.4, 0.5) is 0 Å². The second-order valence-electron chi connectivity index (χ2n) is 6.38. The van der Waals surface area contributed by atoms with Crippen molar-refractivity contribution in [1.82, 2.24) is 4.98 Å². The largest absolute Gasteiger partial charge is 0.462 e. The minimum absolute atomic E-state index is 0.108. The molecule has 1 aromatic heterocycles. The summed E-state index contributed by atoms with van der Waals surface area (Å²) in [5.41, 5.74) is 3.41. The first-order chi connectivity index (χ1) is 12.5. The maximum Gasteiger partial charge on any atom is 0.228 e. The number of hydrogen-bond acceptors (Lipinski definition) is 7. The maximum atomic E-state index is 9.92. The van der Waals surface area contributed by atoms with Gasteiger partial charge in [-0.3, -0.25) is 0 Å². The lowest BCUT2D eigenvalue weighted by molar-refractivity contribution is -0.242. The molecule has 136 valence electrons. The van der Waals surface area contributed by atoms with E-state index in [1.807, 2.05) is 25.1 Å². The van der Waals surface area contributed by atoms with E-state index in [2.05, 4.69) is 4.98 Å². The summed E-state index contributed by atoms with van der Waals surface area (Å²) >= 11 is 0. The Bertz CT molecular complexity index is 906. The average molecular weight is 357 g/mol. The van der Waals surface area contributed by atoms with Crippen LogP contribution in [-0.4, -0.2) is 51.5 Å². The zero-order valence-electron chi connectivity index (χ0n) is 14.1. The molecule has 0 spiro atoms. The van der Waals surface area contributed by atoms with Gasteiger partial charge in [0.05, 0.1) is 6.61 Å². The van der Waals surface area contributed by atoms with E-state index >= 15 is 0 Å². The van der Waals surface area contributed by atoms with E-state index in [0.717, 1.165) is 22.2 Å². The number of rotatable bonds is 3. The van der Waals surface area contributed by atoms with Crippen molar-refractivity contribution in [3.63, 3.8) is 0 Å². The SMILES string of the molecule is Cc1ccc2oc(-c3ccc(O[C@H]4OC[C@H](O)[C@H](O)[C@H]4O)cc3)nc2c1. The Labute approximate surface area is 149 Å². The Hall–Kier alpha value is -2.45. The number of aliphatic hydroxyl groups excluding tert-OH is 3. The summed E-state index contributed by atoms with van der Waals surface area (Å²) in [6.45, 7) is 1.89. The van der Waals surface area contributed by atoms with Crippen molar-refractivity contribution in [2.75, 3.05) is 6.61 Å². The van der Waals surface area contributed by atoms with Gasteiger partial charge in [0.2, 0.25) is 12.2 Å². The van der Waals surface area contributed by atoms with Crippen LogP contribution >= 0.6 is 0 Å². The summed E-state index contributed by atoms with van der Waals surface area (Å²) in [6.07, 6.45) is -4.82. The quantitative estimate of drug-likeness (QED) is 0.654. The molecule has 26 heavy (non-hydrogen) atoms. The Morgan fingerprint density at radius 1 is 1.04 bits per heavy atom. The molecule has 1 aliphatic rings. The first-order valence-corrected chi connectivity index (χ1v) is 8.31. The lowest BCUT2D eigenvalue weighted by Gasteiger charge is -2.34. The van der Waals surface area contributed by atoms with Gasteiger partial charge in [0.1, 0.15) is 29.6 Å². The summed E-state index contributed by atoms with van der Waals surface area (Å²) in [7, 11) is 0. The maximum absolute atomic E-state index is 9.92. The molecule has 1 aliphatic heterocycles. The van der Waals surface area contributed by atoms with E-state index in [1.165, 1.54) is 0 Å². The van der Waals surface area contributed by atoms with Crippen LogP contribution in [0, 0.1) is 6.92 Å². The lowest BCUT2D eigenvalue weighted by Crippen LogP contribution is -2.54. The number of nitrogens with zero attached hydrogens (tertiary/aromatic N) is 1. The van der Waals surface area contributed by atoms with Gasteiger partial charge in [0.15, 0.2) is 5.58 Å². The third-order valence-corrected chi connectivity index (χ3v) is 4.35. The highest BCUT2D eigenvalue weighted by Gasteiger charge is 2.38. The smallest absolute Gasteiger partial charge is 0.228 e. The zero-order valence-corrected chi connectivity index (χ0v) is 14.1. The molecule has 0 amide bonds. The molecule has 4 atom stereocenters. The fourth-order valence-electron chi connectivity index (χ4n) is 2.85. The highest BCUT2D eigenvalue weighted by Crippen LogP contribution is 2.27. The molecule has 2 aromatic carbocycles. The second-order valence-corrected chi connectivity index (χ2v) is 6.38.